The number of rotatable bonds is 65. The molecule has 0 aromatic rings. The minimum absolute atomic E-state index is 0.0748. The summed E-state index contributed by atoms with van der Waals surface area (Å²) in [4.78, 5) is 38.4. The highest BCUT2D eigenvalue weighted by molar-refractivity contribution is 5.71. The molecule has 1 atom stereocenters. The third-order valence-corrected chi connectivity index (χ3v) is 15.7. The van der Waals surface area contributed by atoms with Gasteiger partial charge in [-0.25, -0.2) is 0 Å². The average Bonchev–Trinajstić information content (AvgIpc) is 3.47. The molecule has 0 aliphatic heterocycles. The van der Waals surface area contributed by atoms with E-state index in [1.54, 1.807) is 0 Å². The smallest absolute Gasteiger partial charge is 0.306 e. The Labute approximate surface area is 509 Å². The third kappa shape index (κ3) is 67.4. The summed E-state index contributed by atoms with van der Waals surface area (Å²) in [5.74, 6) is -0.867. The molecule has 0 fully saturated rings. The van der Waals surface area contributed by atoms with E-state index in [-0.39, 0.29) is 31.1 Å². The number of carbonyl (C=O) groups excluding carboxylic acids is 3. The maximum atomic E-state index is 12.9. The summed E-state index contributed by atoms with van der Waals surface area (Å²) < 4.78 is 17.0. The van der Waals surface area contributed by atoms with Crippen molar-refractivity contribution >= 4 is 17.9 Å². The van der Waals surface area contributed by atoms with E-state index >= 15 is 0 Å². The second-order valence-corrected chi connectivity index (χ2v) is 23.8. The molecule has 6 heteroatoms. The van der Waals surface area contributed by atoms with Crippen LogP contribution in [0, 0.1) is 0 Å². The Morgan fingerprint density at radius 2 is 0.476 bits per heavy atom. The fourth-order valence-electron chi connectivity index (χ4n) is 10.4. The van der Waals surface area contributed by atoms with Crippen LogP contribution >= 0.6 is 0 Å². The summed E-state index contributed by atoms with van der Waals surface area (Å²) >= 11 is 0. The van der Waals surface area contributed by atoms with Crippen molar-refractivity contribution < 1.29 is 28.6 Å². The maximum Gasteiger partial charge on any atom is 0.306 e. The van der Waals surface area contributed by atoms with Crippen LogP contribution < -0.4 is 0 Å². The summed E-state index contributed by atoms with van der Waals surface area (Å²) in [6.45, 7) is 6.56. The topological polar surface area (TPSA) is 78.9 Å². The number of ether oxygens (including phenoxy) is 3. The van der Waals surface area contributed by atoms with Gasteiger partial charge in [0.05, 0.1) is 0 Å². The fraction of sp³-hybridized carbons (Fsp3) is 0.776. The van der Waals surface area contributed by atoms with Crippen LogP contribution in [0.2, 0.25) is 0 Å². The van der Waals surface area contributed by atoms with Crippen molar-refractivity contribution in [3.05, 3.63) is 85.1 Å². The Balaban J connectivity index is 4.24. The number of esters is 3. The SMILES string of the molecule is CC/C=C\C/C=C\C/C=C\C/C=C\C/C=C\C/C=C\C/C=C\CCCCCCCCCC(=O)OCC(COC(=O)CCCCCCCCCCCCC)OC(=O)CCCCCCCCCCCCCCCCCCCCCCCCCC. The van der Waals surface area contributed by atoms with Crippen LogP contribution in [0.15, 0.2) is 85.1 Å². The summed E-state index contributed by atoms with van der Waals surface area (Å²) in [7, 11) is 0. The Kier molecular flexibility index (Phi) is 67.2. The first-order valence-corrected chi connectivity index (χ1v) is 35.6. The second-order valence-electron chi connectivity index (χ2n) is 23.8. The number of hydrogen-bond donors (Lipinski definition) is 0. The molecule has 0 rings (SSSR count). The quantitative estimate of drug-likeness (QED) is 0.0261. The Morgan fingerprint density at radius 1 is 0.256 bits per heavy atom. The lowest BCUT2D eigenvalue weighted by molar-refractivity contribution is -0.167. The molecule has 0 saturated heterocycles. The molecule has 0 saturated carbocycles. The zero-order valence-corrected chi connectivity index (χ0v) is 54.5. The van der Waals surface area contributed by atoms with E-state index in [2.05, 4.69) is 106 Å². The first-order valence-electron chi connectivity index (χ1n) is 35.6. The van der Waals surface area contributed by atoms with Gasteiger partial charge in [0.25, 0.3) is 0 Å². The molecule has 0 N–H and O–H groups in total. The van der Waals surface area contributed by atoms with Gasteiger partial charge in [0.15, 0.2) is 6.10 Å². The van der Waals surface area contributed by atoms with Crippen molar-refractivity contribution in [1.29, 1.82) is 0 Å². The van der Waals surface area contributed by atoms with E-state index in [1.807, 2.05) is 0 Å². The zero-order valence-electron chi connectivity index (χ0n) is 54.5. The van der Waals surface area contributed by atoms with Gasteiger partial charge in [0, 0.05) is 19.3 Å². The van der Waals surface area contributed by atoms with Gasteiger partial charge in [-0.05, 0) is 77.0 Å². The first kappa shape index (κ1) is 78.6. The summed E-state index contributed by atoms with van der Waals surface area (Å²) in [5, 5.41) is 0. The molecule has 0 spiro atoms. The molecule has 0 amide bonds. The van der Waals surface area contributed by atoms with Crippen molar-refractivity contribution in [1.82, 2.24) is 0 Å². The van der Waals surface area contributed by atoms with Gasteiger partial charge >= 0.3 is 17.9 Å². The molecule has 0 aliphatic rings. The highest BCUT2D eigenvalue weighted by Crippen LogP contribution is 2.18. The monoisotopic (exact) mass is 1140 g/mol. The highest BCUT2D eigenvalue weighted by Gasteiger charge is 2.19. The molecule has 1 unspecified atom stereocenters. The molecule has 0 aromatic carbocycles. The van der Waals surface area contributed by atoms with Crippen LogP contribution in [0.4, 0.5) is 0 Å². The van der Waals surface area contributed by atoms with Crippen molar-refractivity contribution in [2.45, 2.75) is 367 Å². The molecule has 0 radical (unpaired) electrons. The molecular formula is C76H134O6. The molecule has 0 aliphatic carbocycles. The molecular weight excluding hydrogens is 1010 g/mol. The maximum absolute atomic E-state index is 12.9. The van der Waals surface area contributed by atoms with Crippen LogP contribution in [-0.2, 0) is 28.6 Å². The zero-order chi connectivity index (χ0) is 59.2. The van der Waals surface area contributed by atoms with Crippen LogP contribution in [0.25, 0.3) is 0 Å². The van der Waals surface area contributed by atoms with Gasteiger partial charge < -0.3 is 14.2 Å². The van der Waals surface area contributed by atoms with Gasteiger partial charge in [-0.1, -0.05) is 350 Å². The van der Waals surface area contributed by atoms with Crippen LogP contribution in [-0.4, -0.2) is 37.2 Å². The van der Waals surface area contributed by atoms with Gasteiger partial charge in [0.1, 0.15) is 13.2 Å². The van der Waals surface area contributed by atoms with Gasteiger partial charge in [-0.3, -0.25) is 14.4 Å². The molecule has 0 heterocycles. The predicted octanol–water partition coefficient (Wildman–Crippen LogP) is 24.6. The van der Waals surface area contributed by atoms with Crippen molar-refractivity contribution in [3.63, 3.8) is 0 Å². The Bertz CT molecular complexity index is 1550. The van der Waals surface area contributed by atoms with Crippen LogP contribution in [0.5, 0.6) is 0 Å². The number of carbonyl (C=O) groups is 3. The van der Waals surface area contributed by atoms with Crippen molar-refractivity contribution in [2.24, 2.45) is 0 Å². The van der Waals surface area contributed by atoms with Crippen molar-refractivity contribution in [3.8, 4) is 0 Å². The third-order valence-electron chi connectivity index (χ3n) is 15.7. The summed E-state index contributed by atoms with van der Waals surface area (Å²) in [6, 6.07) is 0. The van der Waals surface area contributed by atoms with E-state index in [1.165, 1.54) is 212 Å². The molecule has 0 bridgehead atoms. The normalized spacial score (nSPS) is 12.6. The van der Waals surface area contributed by atoms with Crippen LogP contribution in [0.3, 0.4) is 0 Å². The standard InChI is InChI=1S/C76H134O6/c1-4-7-10-13-16-19-22-24-26-28-30-32-34-36-37-38-39-40-42-43-45-47-49-51-54-57-60-63-66-69-75(78)81-72-73(71-80-74(77)68-65-62-59-56-53-21-18-15-12-9-6-3)82-76(79)70-67-64-61-58-55-52-50-48-46-44-41-35-33-31-29-27-25-23-20-17-14-11-8-5-2/h7,10,16,19,24,26,30,32,36-37,39-40,43,45,73H,4-6,8-9,11-15,17-18,20-23,25,27-29,31,33-35,38,41-42,44,46-72H2,1-3H3/b10-7-,19-16-,26-24-,32-30-,37-36-,40-39-,45-43-. The van der Waals surface area contributed by atoms with Gasteiger partial charge in [-0.15, -0.1) is 0 Å². The lowest BCUT2D eigenvalue weighted by Crippen LogP contribution is -2.30. The highest BCUT2D eigenvalue weighted by atomic mass is 16.6. The number of allylic oxidation sites excluding steroid dienone is 14. The molecule has 6 nitrogen and oxygen atoms in total. The molecule has 0 aromatic heterocycles. The molecule has 474 valence electrons. The van der Waals surface area contributed by atoms with E-state index in [0.717, 1.165) is 109 Å². The van der Waals surface area contributed by atoms with E-state index < -0.39 is 6.10 Å². The van der Waals surface area contributed by atoms with Gasteiger partial charge in [-0.2, -0.15) is 0 Å². The largest absolute Gasteiger partial charge is 0.462 e. The van der Waals surface area contributed by atoms with Crippen molar-refractivity contribution in [2.75, 3.05) is 13.2 Å². The van der Waals surface area contributed by atoms with E-state index in [9.17, 15) is 14.4 Å². The number of hydrogen-bond acceptors (Lipinski definition) is 6. The van der Waals surface area contributed by atoms with E-state index in [4.69, 9.17) is 14.2 Å². The predicted molar refractivity (Wildman–Crippen MR) is 358 cm³/mol. The van der Waals surface area contributed by atoms with E-state index in [0.29, 0.717) is 19.3 Å². The number of unbranched alkanes of at least 4 members (excludes halogenated alkanes) is 40. The van der Waals surface area contributed by atoms with Crippen LogP contribution in [0.1, 0.15) is 361 Å². The summed E-state index contributed by atoms with van der Waals surface area (Å²) in [5.41, 5.74) is 0. The minimum atomic E-state index is -0.779. The van der Waals surface area contributed by atoms with Gasteiger partial charge in [0.2, 0.25) is 0 Å². The molecule has 82 heavy (non-hydrogen) atoms. The Morgan fingerprint density at radius 3 is 0.744 bits per heavy atom. The lowest BCUT2D eigenvalue weighted by Gasteiger charge is -2.18. The summed E-state index contributed by atoms with van der Waals surface area (Å²) in [6.07, 6.45) is 93.3. The second kappa shape index (κ2) is 70.1. The lowest BCUT2D eigenvalue weighted by atomic mass is 10.0. The Hall–Kier alpha value is -3.41. The first-order chi connectivity index (χ1) is 40.5. The minimum Gasteiger partial charge on any atom is -0.462 e. The fourth-order valence-corrected chi connectivity index (χ4v) is 10.4. The average molecular weight is 1140 g/mol.